The molecule has 0 radical (unpaired) electrons. The fourth-order valence-electron chi connectivity index (χ4n) is 2.69. The van der Waals surface area contributed by atoms with Gasteiger partial charge >= 0.3 is 6.03 Å². The second-order valence-electron chi connectivity index (χ2n) is 6.41. The molecule has 0 fully saturated rings. The van der Waals surface area contributed by atoms with Crippen molar-refractivity contribution in [3.63, 3.8) is 0 Å². The zero-order valence-corrected chi connectivity index (χ0v) is 15.3. The Hall–Kier alpha value is -2.31. The number of benzene rings is 1. The van der Waals surface area contributed by atoms with E-state index in [1.807, 2.05) is 32.0 Å². The number of rotatable bonds is 6. The number of furan rings is 1. The van der Waals surface area contributed by atoms with Gasteiger partial charge in [0.05, 0.1) is 12.6 Å². The molecule has 0 aliphatic heterocycles. The van der Waals surface area contributed by atoms with Gasteiger partial charge in [-0.15, -0.1) is 0 Å². The highest BCUT2D eigenvalue weighted by atomic mass is 16.5. The molecule has 0 aliphatic rings. The van der Waals surface area contributed by atoms with Crippen molar-refractivity contribution in [2.75, 3.05) is 19.0 Å². The second-order valence-corrected chi connectivity index (χ2v) is 6.41. The van der Waals surface area contributed by atoms with Gasteiger partial charge in [0.15, 0.2) is 0 Å². The summed E-state index contributed by atoms with van der Waals surface area (Å²) in [6.07, 6.45) is -0.0575. The molecule has 0 saturated heterocycles. The molecule has 0 aliphatic carbocycles. The molecule has 1 heterocycles. The zero-order valence-electron chi connectivity index (χ0n) is 15.3. The fraction of sp³-hybridized carbons (Fsp3) is 0.421. The van der Waals surface area contributed by atoms with Crippen LogP contribution in [0.5, 0.6) is 0 Å². The molecule has 0 saturated carbocycles. The number of amides is 2. The van der Waals surface area contributed by atoms with Crippen LogP contribution in [-0.2, 0) is 10.3 Å². The summed E-state index contributed by atoms with van der Waals surface area (Å²) in [6, 6.07) is 8.84. The van der Waals surface area contributed by atoms with Crippen LogP contribution in [0.25, 0.3) is 0 Å². The molecule has 0 bridgehead atoms. The minimum Gasteiger partial charge on any atom is -0.466 e. The van der Waals surface area contributed by atoms with Gasteiger partial charge in [0.2, 0.25) is 0 Å². The quantitative estimate of drug-likeness (QED) is 0.746. The molecule has 2 atom stereocenters. The Bertz CT molecular complexity index is 737. The van der Waals surface area contributed by atoms with Gasteiger partial charge in [-0.2, -0.15) is 0 Å². The fourth-order valence-corrected chi connectivity index (χ4v) is 2.69. The predicted octanol–water partition coefficient (Wildman–Crippen LogP) is 3.63. The third kappa shape index (κ3) is 4.84. The average Bonchev–Trinajstić information content (AvgIpc) is 2.92. The van der Waals surface area contributed by atoms with E-state index in [0.29, 0.717) is 17.0 Å². The van der Waals surface area contributed by atoms with Crippen LogP contribution in [0.1, 0.15) is 42.6 Å². The van der Waals surface area contributed by atoms with E-state index < -0.39 is 5.60 Å². The van der Waals surface area contributed by atoms with E-state index in [1.54, 1.807) is 33.1 Å². The molecular weight excluding hydrogens is 320 g/mol. The Labute approximate surface area is 148 Å². The van der Waals surface area contributed by atoms with E-state index in [1.165, 1.54) is 0 Å². The summed E-state index contributed by atoms with van der Waals surface area (Å²) in [4.78, 5) is 12.1. The van der Waals surface area contributed by atoms with Crippen LogP contribution in [0.2, 0.25) is 0 Å². The van der Waals surface area contributed by atoms with Crippen molar-refractivity contribution in [1.29, 1.82) is 0 Å². The number of hydrogen-bond donors (Lipinski definition) is 3. The summed E-state index contributed by atoms with van der Waals surface area (Å²) in [5, 5.41) is 16.1. The second kappa shape index (κ2) is 7.72. The molecule has 2 amide bonds. The Kier molecular flexibility index (Phi) is 5.87. The first-order chi connectivity index (χ1) is 11.7. The first-order valence-electron chi connectivity index (χ1n) is 8.20. The molecule has 25 heavy (non-hydrogen) atoms. The highest BCUT2D eigenvalue weighted by Gasteiger charge is 2.28. The molecule has 2 unspecified atom stereocenters. The van der Waals surface area contributed by atoms with Crippen LogP contribution < -0.4 is 10.6 Å². The van der Waals surface area contributed by atoms with Gasteiger partial charge < -0.3 is 24.9 Å². The molecule has 2 aromatic rings. The van der Waals surface area contributed by atoms with Gasteiger partial charge in [0, 0.05) is 18.4 Å². The number of urea groups is 1. The molecule has 6 nitrogen and oxygen atoms in total. The topological polar surface area (TPSA) is 83.7 Å². The Balaban J connectivity index is 1.97. The molecule has 6 heteroatoms. The van der Waals surface area contributed by atoms with Crippen molar-refractivity contribution in [2.24, 2.45) is 0 Å². The van der Waals surface area contributed by atoms with Crippen LogP contribution in [0.15, 0.2) is 34.7 Å². The van der Waals surface area contributed by atoms with Crippen LogP contribution in [0.3, 0.4) is 0 Å². The number of aryl methyl sites for hydroxylation is 2. The third-order valence-corrected chi connectivity index (χ3v) is 4.18. The molecule has 1 aromatic carbocycles. The lowest BCUT2D eigenvalue weighted by Crippen LogP contribution is -2.40. The zero-order chi connectivity index (χ0) is 18.6. The molecule has 1 aromatic heterocycles. The number of carbonyl (C=O) groups excluding carboxylic acids is 1. The van der Waals surface area contributed by atoms with E-state index in [0.717, 1.165) is 11.3 Å². The number of carbonyl (C=O) groups is 1. The lowest BCUT2D eigenvalue weighted by Gasteiger charge is -2.23. The lowest BCUT2D eigenvalue weighted by atomic mass is 9.96. The summed E-state index contributed by atoms with van der Waals surface area (Å²) in [6.45, 7) is 7.25. The minimum atomic E-state index is -1.22. The van der Waals surface area contributed by atoms with Crippen molar-refractivity contribution in [3.05, 3.63) is 53.0 Å². The summed E-state index contributed by atoms with van der Waals surface area (Å²) >= 11 is 0. The van der Waals surface area contributed by atoms with Crippen LogP contribution in [0, 0.1) is 13.8 Å². The van der Waals surface area contributed by atoms with Crippen molar-refractivity contribution in [1.82, 2.24) is 5.32 Å². The normalized spacial score (nSPS) is 14.6. The van der Waals surface area contributed by atoms with E-state index in [2.05, 4.69) is 10.6 Å². The first-order valence-corrected chi connectivity index (χ1v) is 8.20. The summed E-state index contributed by atoms with van der Waals surface area (Å²) in [7, 11) is 1.64. The number of ether oxygens (including phenoxy) is 1. The van der Waals surface area contributed by atoms with Gasteiger partial charge in [-0.05, 0) is 51.5 Å². The summed E-state index contributed by atoms with van der Waals surface area (Å²) in [5.74, 6) is 1.37. The predicted molar refractivity (Wildman–Crippen MR) is 96.6 cm³/mol. The Morgan fingerprint density at radius 1 is 1.36 bits per heavy atom. The molecule has 0 spiro atoms. The maximum Gasteiger partial charge on any atom is 0.319 e. The van der Waals surface area contributed by atoms with Crippen molar-refractivity contribution < 1.29 is 19.1 Å². The maximum atomic E-state index is 12.1. The highest BCUT2D eigenvalue weighted by molar-refractivity contribution is 5.89. The van der Waals surface area contributed by atoms with E-state index in [-0.39, 0.29) is 18.7 Å². The van der Waals surface area contributed by atoms with E-state index >= 15 is 0 Å². The van der Waals surface area contributed by atoms with Crippen molar-refractivity contribution in [3.8, 4) is 0 Å². The van der Waals surface area contributed by atoms with Gasteiger partial charge in [-0.1, -0.05) is 12.1 Å². The Morgan fingerprint density at radius 2 is 2.08 bits per heavy atom. The van der Waals surface area contributed by atoms with Gasteiger partial charge in [0.25, 0.3) is 0 Å². The molecule has 136 valence electrons. The molecule has 2 rings (SSSR count). The van der Waals surface area contributed by atoms with Gasteiger partial charge in [0.1, 0.15) is 17.1 Å². The SMILES string of the molecule is COC(C)c1cccc(NC(=O)NCC(C)(O)c2cc(C)oc2C)c1. The monoisotopic (exact) mass is 346 g/mol. The number of nitrogens with one attached hydrogen (secondary N) is 2. The van der Waals surface area contributed by atoms with Crippen LogP contribution in [-0.4, -0.2) is 24.8 Å². The maximum absolute atomic E-state index is 12.1. The van der Waals surface area contributed by atoms with Crippen LogP contribution in [0.4, 0.5) is 10.5 Å². The number of hydrogen-bond acceptors (Lipinski definition) is 4. The van der Waals surface area contributed by atoms with Crippen molar-refractivity contribution >= 4 is 11.7 Å². The number of anilines is 1. The van der Waals surface area contributed by atoms with Gasteiger partial charge in [-0.25, -0.2) is 4.79 Å². The largest absolute Gasteiger partial charge is 0.466 e. The highest BCUT2D eigenvalue weighted by Crippen LogP contribution is 2.26. The standard InChI is InChI=1S/C19H26N2O4/c1-12-9-17(14(3)25-12)19(4,23)11-20-18(22)21-16-8-6-7-15(10-16)13(2)24-5/h6-10,13,23H,11H2,1-5H3,(H2,20,21,22). The number of methoxy groups -OCH3 is 1. The molecule has 3 N–H and O–H groups in total. The van der Waals surface area contributed by atoms with E-state index in [4.69, 9.17) is 9.15 Å². The van der Waals surface area contributed by atoms with Crippen LogP contribution >= 0.6 is 0 Å². The molecular formula is C19H26N2O4. The minimum absolute atomic E-state index is 0.0575. The third-order valence-electron chi connectivity index (χ3n) is 4.18. The first kappa shape index (κ1) is 19.0. The Morgan fingerprint density at radius 3 is 2.68 bits per heavy atom. The summed E-state index contributed by atoms with van der Waals surface area (Å²) < 4.78 is 10.7. The summed E-state index contributed by atoms with van der Waals surface area (Å²) in [5.41, 5.74) is 1.08. The smallest absolute Gasteiger partial charge is 0.319 e. The van der Waals surface area contributed by atoms with E-state index in [9.17, 15) is 9.90 Å². The van der Waals surface area contributed by atoms with Crippen molar-refractivity contribution in [2.45, 2.75) is 39.4 Å². The number of aliphatic hydroxyl groups is 1. The average molecular weight is 346 g/mol. The van der Waals surface area contributed by atoms with Gasteiger partial charge in [-0.3, -0.25) is 0 Å². The lowest BCUT2D eigenvalue weighted by molar-refractivity contribution is 0.0584.